The Morgan fingerprint density at radius 3 is 2.35 bits per heavy atom. The molecule has 0 atom stereocenters. The average molecular weight is 277 g/mol. The number of halogens is 2. The maximum absolute atomic E-state index is 14.2. The Morgan fingerprint density at radius 1 is 1.20 bits per heavy atom. The van der Waals surface area contributed by atoms with Gasteiger partial charge in [-0.15, -0.1) is 0 Å². The quantitative estimate of drug-likeness (QED) is 0.824. The van der Waals surface area contributed by atoms with Crippen LogP contribution < -0.4 is 4.74 Å². The van der Waals surface area contributed by atoms with E-state index in [9.17, 15) is 8.78 Å². The van der Waals surface area contributed by atoms with Gasteiger partial charge in [-0.1, -0.05) is 12.7 Å². The molecule has 0 saturated carbocycles. The van der Waals surface area contributed by atoms with Crippen LogP contribution in [0.5, 0.6) is 5.75 Å². The summed E-state index contributed by atoms with van der Waals surface area (Å²) in [4.78, 5) is 1.68. The molecule has 0 aliphatic carbocycles. The third kappa shape index (κ3) is 2.46. The minimum atomic E-state index is -0.646. The molecule has 1 heterocycles. The van der Waals surface area contributed by atoms with Gasteiger partial charge in [0.25, 0.3) is 0 Å². The molecule has 0 unspecified atom stereocenters. The zero-order valence-corrected chi connectivity index (χ0v) is 11.8. The van der Waals surface area contributed by atoms with E-state index in [1.807, 2.05) is 6.92 Å². The summed E-state index contributed by atoms with van der Waals surface area (Å²) in [5.41, 5.74) is 2.05. The van der Waals surface area contributed by atoms with Gasteiger partial charge in [-0.3, -0.25) is 0 Å². The van der Waals surface area contributed by atoms with E-state index in [0.717, 1.165) is 11.3 Å². The molecule has 0 fully saturated rings. The van der Waals surface area contributed by atoms with Crippen LogP contribution in [-0.4, -0.2) is 18.6 Å². The highest BCUT2D eigenvalue weighted by molar-refractivity contribution is 5.71. The molecule has 0 saturated heterocycles. The minimum Gasteiger partial charge on any atom is -0.494 e. The first-order valence-electron chi connectivity index (χ1n) is 6.39. The number of likely N-dealkylation sites (N-methyl/N-ethyl adjacent to an activating group) is 1. The van der Waals surface area contributed by atoms with E-state index in [2.05, 4.69) is 6.58 Å². The zero-order valence-electron chi connectivity index (χ0n) is 11.8. The second-order valence-corrected chi connectivity index (χ2v) is 4.60. The van der Waals surface area contributed by atoms with Crippen molar-refractivity contribution in [3.8, 4) is 5.75 Å². The summed E-state index contributed by atoms with van der Waals surface area (Å²) in [6.07, 6.45) is 3.48. The number of allylic oxidation sites excluding steroid dienone is 3. The van der Waals surface area contributed by atoms with Crippen molar-refractivity contribution in [1.82, 2.24) is 4.90 Å². The van der Waals surface area contributed by atoms with Crippen molar-refractivity contribution >= 4 is 5.70 Å². The van der Waals surface area contributed by atoms with E-state index in [1.165, 1.54) is 12.1 Å². The number of benzene rings is 1. The zero-order chi connectivity index (χ0) is 14.9. The molecule has 0 aromatic heterocycles. The molecule has 0 N–H and O–H groups in total. The first-order valence-corrected chi connectivity index (χ1v) is 6.39. The molecule has 0 radical (unpaired) electrons. The Hall–Kier alpha value is -2.10. The maximum atomic E-state index is 14.2. The highest BCUT2D eigenvalue weighted by Crippen LogP contribution is 2.33. The van der Waals surface area contributed by atoms with Crippen LogP contribution in [0.25, 0.3) is 5.70 Å². The van der Waals surface area contributed by atoms with Crippen LogP contribution in [0.4, 0.5) is 8.78 Å². The Morgan fingerprint density at radius 2 is 1.80 bits per heavy atom. The second kappa shape index (κ2) is 5.49. The third-order valence-electron chi connectivity index (χ3n) is 3.30. The van der Waals surface area contributed by atoms with E-state index < -0.39 is 11.6 Å². The summed E-state index contributed by atoms with van der Waals surface area (Å²) < 4.78 is 33.5. The highest BCUT2D eigenvalue weighted by Gasteiger charge is 2.22. The molecule has 106 valence electrons. The van der Waals surface area contributed by atoms with Crippen LogP contribution in [-0.2, 0) is 0 Å². The normalized spacial score (nSPS) is 15.1. The van der Waals surface area contributed by atoms with Crippen LogP contribution in [0.3, 0.4) is 0 Å². The average Bonchev–Trinajstić information content (AvgIpc) is 2.38. The van der Waals surface area contributed by atoms with Crippen molar-refractivity contribution < 1.29 is 13.5 Å². The van der Waals surface area contributed by atoms with Crippen LogP contribution >= 0.6 is 0 Å². The lowest BCUT2D eigenvalue weighted by Crippen LogP contribution is -2.20. The molecule has 4 heteroatoms. The van der Waals surface area contributed by atoms with E-state index in [0.29, 0.717) is 12.3 Å². The number of hydrogen-bond acceptors (Lipinski definition) is 2. The Kier molecular flexibility index (Phi) is 3.93. The number of hydrogen-bond donors (Lipinski definition) is 0. The van der Waals surface area contributed by atoms with Crippen molar-refractivity contribution in [1.29, 1.82) is 0 Å². The van der Waals surface area contributed by atoms with E-state index in [4.69, 9.17) is 4.74 Å². The van der Waals surface area contributed by atoms with Gasteiger partial charge in [0.05, 0.1) is 17.9 Å². The SMILES string of the molecule is C=C1C(C)=CC=C(c2c(F)cc(OCC)cc2F)N1C. The molecule has 0 amide bonds. The summed E-state index contributed by atoms with van der Waals surface area (Å²) in [6.45, 7) is 7.93. The number of rotatable bonds is 3. The summed E-state index contributed by atoms with van der Waals surface area (Å²) in [6, 6.07) is 2.40. The molecule has 1 aromatic carbocycles. The van der Waals surface area contributed by atoms with Gasteiger partial charge in [0.1, 0.15) is 17.4 Å². The summed E-state index contributed by atoms with van der Waals surface area (Å²) in [7, 11) is 1.74. The maximum Gasteiger partial charge on any atom is 0.139 e. The lowest BCUT2D eigenvalue weighted by Gasteiger charge is -2.29. The van der Waals surface area contributed by atoms with E-state index >= 15 is 0 Å². The van der Waals surface area contributed by atoms with Crippen molar-refractivity contribution in [3.63, 3.8) is 0 Å². The van der Waals surface area contributed by atoms with Gasteiger partial charge in [-0.2, -0.15) is 0 Å². The van der Waals surface area contributed by atoms with Gasteiger partial charge in [-0.05, 0) is 25.5 Å². The topological polar surface area (TPSA) is 12.5 Å². The molecule has 1 aliphatic heterocycles. The van der Waals surface area contributed by atoms with Crippen molar-refractivity contribution in [3.05, 3.63) is 59.3 Å². The first-order chi connectivity index (χ1) is 9.45. The van der Waals surface area contributed by atoms with Crippen LogP contribution in [0, 0.1) is 11.6 Å². The predicted molar refractivity (Wildman–Crippen MR) is 76.2 cm³/mol. The van der Waals surface area contributed by atoms with Crippen LogP contribution in [0.15, 0.2) is 42.1 Å². The third-order valence-corrected chi connectivity index (χ3v) is 3.30. The minimum absolute atomic E-state index is 0.0687. The fourth-order valence-corrected chi connectivity index (χ4v) is 2.12. The van der Waals surface area contributed by atoms with Gasteiger partial charge < -0.3 is 9.64 Å². The lowest BCUT2D eigenvalue weighted by molar-refractivity contribution is 0.335. The second-order valence-electron chi connectivity index (χ2n) is 4.60. The highest BCUT2D eigenvalue weighted by atomic mass is 19.1. The predicted octanol–water partition coefficient (Wildman–Crippen LogP) is 4.11. The van der Waals surface area contributed by atoms with Gasteiger partial charge in [0.15, 0.2) is 0 Å². The number of ether oxygens (including phenoxy) is 1. The molecule has 20 heavy (non-hydrogen) atoms. The van der Waals surface area contributed by atoms with Crippen LogP contribution in [0.2, 0.25) is 0 Å². The molecule has 1 aliphatic rings. The van der Waals surface area contributed by atoms with Crippen molar-refractivity contribution in [2.24, 2.45) is 0 Å². The molecule has 2 rings (SSSR count). The summed E-state index contributed by atoms with van der Waals surface area (Å²) in [5, 5.41) is 0. The summed E-state index contributed by atoms with van der Waals surface area (Å²) >= 11 is 0. The molecule has 1 aromatic rings. The number of nitrogens with zero attached hydrogens (tertiary/aromatic N) is 1. The smallest absolute Gasteiger partial charge is 0.139 e. The summed E-state index contributed by atoms with van der Waals surface area (Å²) in [5.74, 6) is -1.10. The Labute approximate surface area is 117 Å². The molecule has 0 bridgehead atoms. The standard InChI is InChI=1S/C16H17F2NO/c1-5-20-12-8-13(17)16(14(18)9-12)15-7-6-10(2)11(3)19(15)4/h6-9H,3,5H2,1-2,4H3. The molecular weight excluding hydrogens is 260 g/mol. The lowest BCUT2D eigenvalue weighted by atomic mass is 10.0. The van der Waals surface area contributed by atoms with Gasteiger partial charge in [0.2, 0.25) is 0 Å². The first kappa shape index (κ1) is 14.3. The van der Waals surface area contributed by atoms with Crippen molar-refractivity contribution in [2.45, 2.75) is 13.8 Å². The largest absolute Gasteiger partial charge is 0.494 e. The molecule has 0 spiro atoms. The molecular formula is C16H17F2NO. The van der Waals surface area contributed by atoms with E-state index in [1.54, 1.807) is 31.0 Å². The van der Waals surface area contributed by atoms with Gasteiger partial charge in [0, 0.05) is 24.9 Å². The van der Waals surface area contributed by atoms with Crippen molar-refractivity contribution in [2.75, 3.05) is 13.7 Å². The fraction of sp³-hybridized carbons (Fsp3) is 0.250. The Bertz CT molecular complexity index is 594. The Balaban J connectivity index is 2.51. The monoisotopic (exact) mass is 277 g/mol. The van der Waals surface area contributed by atoms with Crippen LogP contribution in [0.1, 0.15) is 19.4 Å². The van der Waals surface area contributed by atoms with Gasteiger partial charge >= 0.3 is 0 Å². The van der Waals surface area contributed by atoms with E-state index in [-0.39, 0.29) is 11.3 Å². The van der Waals surface area contributed by atoms with Gasteiger partial charge in [-0.25, -0.2) is 8.78 Å². The molecule has 2 nitrogen and oxygen atoms in total. The fourth-order valence-electron chi connectivity index (χ4n) is 2.12.